The third kappa shape index (κ3) is 2.95. The van der Waals surface area contributed by atoms with Gasteiger partial charge in [-0.05, 0) is 29.6 Å². The highest BCUT2D eigenvalue weighted by atomic mass is 32.1. The van der Waals surface area contributed by atoms with Crippen LogP contribution in [0.3, 0.4) is 0 Å². The number of nitrogens with two attached hydrogens (primary N) is 1. The molecule has 0 saturated carbocycles. The number of benzene rings is 1. The number of amides is 1. The highest BCUT2D eigenvalue weighted by Gasteiger charge is 2.17. The lowest BCUT2D eigenvalue weighted by Crippen LogP contribution is -2.20. The number of nitrogens with zero attached hydrogens (tertiary/aromatic N) is 3. The van der Waals surface area contributed by atoms with Gasteiger partial charge >= 0.3 is 0 Å². The molecular formula is C20H14N4O3S. The van der Waals surface area contributed by atoms with Gasteiger partial charge in [0.2, 0.25) is 5.88 Å². The van der Waals surface area contributed by atoms with Crippen molar-refractivity contribution in [3.05, 3.63) is 81.6 Å². The standard InChI is InChI=1S/C20H14N4O3S/c21-17(25)14-8-10-28-18(14)23-11-15-12-5-1-2-6-13(12)19(26)24(20(15)27)16-7-3-4-9-22-16/h1-11,27H,(H2,21,25)/b23-11+. The van der Waals surface area contributed by atoms with E-state index in [4.69, 9.17) is 5.73 Å². The summed E-state index contributed by atoms with van der Waals surface area (Å²) in [5.74, 6) is -0.580. The normalized spacial score (nSPS) is 11.3. The van der Waals surface area contributed by atoms with Crippen LogP contribution in [0.5, 0.6) is 5.88 Å². The van der Waals surface area contributed by atoms with Crippen LogP contribution in [0.2, 0.25) is 0 Å². The van der Waals surface area contributed by atoms with Crippen LogP contribution in [0, 0.1) is 0 Å². The van der Waals surface area contributed by atoms with Gasteiger partial charge in [-0.15, -0.1) is 11.3 Å². The summed E-state index contributed by atoms with van der Waals surface area (Å²) in [6.07, 6.45) is 2.96. The average Bonchev–Trinajstić information content (AvgIpc) is 3.18. The van der Waals surface area contributed by atoms with Gasteiger partial charge in [0.15, 0.2) is 0 Å². The highest BCUT2D eigenvalue weighted by Crippen LogP contribution is 2.29. The smallest absolute Gasteiger partial charge is 0.267 e. The van der Waals surface area contributed by atoms with E-state index in [1.165, 1.54) is 23.7 Å². The minimum absolute atomic E-state index is 0.289. The highest BCUT2D eigenvalue weighted by molar-refractivity contribution is 7.14. The number of hydrogen-bond donors (Lipinski definition) is 2. The molecule has 7 nitrogen and oxygen atoms in total. The Bertz CT molecular complexity index is 1280. The minimum Gasteiger partial charge on any atom is -0.494 e. The number of aromatic hydroxyl groups is 1. The Morgan fingerprint density at radius 2 is 1.89 bits per heavy atom. The van der Waals surface area contributed by atoms with Gasteiger partial charge in [-0.3, -0.25) is 9.59 Å². The Hall–Kier alpha value is -3.78. The van der Waals surface area contributed by atoms with Crippen LogP contribution >= 0.6 is 11.3 Å². The first-order chi connectivity index (χ1) is 13.6. The monoisotopic (exact) mass is 390 g/mol. The SMILES string of the molecule is NC(=O)c1ccsc1/N=C/c1c(O)n(-c2ccccn2)c(=O)c2ccccc12. The van der Waals surface area contributed by atoms with Crippen LogP contribution in [0.15, 0.2) is 69.9 Å². The zero-order valence-electron chi connectivity index (χ0n) is 14.4. The number of carbonyl (C=O) groups excluding carboxylic acids is 1. The van der Waals surface area contributed by atoms with Crippen LogP contribution in [-0.2, 0) is 0 Å². The molecule has 28 heavy (non-hydrogen) atoms. The van der Waals surface area contributed by atoms with E-state index >= 15 is 0 Å². The van der Waals surface area contributed by atoms with Crippen LogP contribution in [0.25, 0.3) is 16.6 Å². The Morgan fingerprint density at radius 1 is 1.14 bits per heavy atom. The number of fused-ring (bicyclic) bond motifs is 1. The first kappa shape index (κ1) is 17.6. The van der Waals surface area contributed by atoms with Gasteiger partial charge in [-0.2, -0.15) is 0 Å². The summed E-state index contributed by atoms with van der Waals surface area (Å²) in [7, 11) is 0. The second-order valence-corrected chi connectivity index (χ2v) is 6.77. The Labute approximate surface area is 163 Å². The van der Waals surface area contributed by atoms with E-state index in [9.17, 15) is 14.7 Å². The second-order valence-electron chi connectivity index (χ2n) is 5.87. The third-order valence-electron chi connectivity index (χ3n) is 4.20. The van der Waals surface area contributed by atoms with Gasteiger partial charge in [0.25, 0.3) is 11.5 Å². The summed E-state index contributed by atoms with van der Waals surface area (Å²) >= 11 is 1.25. The van der Waals surface area contributed by atoms with Gasteiger partial charge < -0.3 is 10.8 Å². The topological polar surface area (TPSA) is 111 Å². The Kier molecular flexibility index (Phi) is 4.46. The first-order valence-electron chi connectivity index (χ1n) is 8.27. The number of pyridine rings is 2. The average molecular weight is 390 g/mol. The quantitative estimate of drug-likeness (QED) is 0.522. The molecule has 1 aromatic carbocycles. The van der Waals surface area contributed by atoms with Gasteiger partial charge in [0, 0.05) is 23.2 Å². The van der Waals surface area contributed by atoms with E-state index in [1.807, 2.05) is 0 Å². The molecule has 4 aromatic rings. The number of hydrogen-bond acceptors (Lipinski definition) is 6. The van der Waals surface area contributed by atoms with Gasteiger partial charge in [-0.1, -0.05) is 24.3 Å². The molecule has 3 N–H and O–H groups in total. The lowest BCUT2D eigenvalue weighted by Gasteiger charge is -2.12. The van der Waals surface area contributed by atoms with Crippen molar-refractivity contribution in [2.24, 2.45) is 10.7 Å². The molecule has 0 unspecified atom stereocenters. The van der Waals surface area contributed by atoms with Crippen molar-refractivity contribution < 1.29 is 9.90 Å². The Balaban J connectivity index is 1.98. The summed E-state index contributed by atoms with van der Waals surface area (Å²) in [4.78, 5) is 32.9. The predicted molar refractivity (Wildman–Crippen MR) is 109 cm³/mol. The molecule has 3 heterocycles. The zero-order chi connectivity index (χ0) is 19.7. The van der Waals surface area contributed by atoms with Gasteiger partial charge in [-0.25, -0.2) is 14.5 Å². The van der Waals surface area contributed by atoms with Crippen LogP contribution in [0.4, 0.5) is 5.00 Å². The largest absolute Gasteiger partial charge is 0.494 e. The zero-order valence-corrected chi connectivity index (χ0v) is 15.3. The Morgan fingerprint density at radius 3 is 2.61 bits per heavy atom. The van der Waals surface area contributed by atoms with E-state index < -0.39 is 11.5 Å². The summed E-state index contributed by atoms with van der Waals surface area (Å²) < 4.78 is 1.13. The minimum atomic E-state index is -0.582. The number of carbonyl (C=O) groups is 1. The van der Waals surface area contributed by atoms with Crippen molar-refractivity contribution in [3.8, 4) is 11.7 Å². The van der Waals surface area contributed by atoms with Crippen molar-refractivity contribution in [3.63, 3.8) is 0 Å². The van der Waals surface area contributed by atoms with E-state index in [0.717, 1.165) is 4.57 Å². The van der Waals surface area contributed by atoms with Crippen LogP contribution in [0.1, 0.15) is 15.9 Å². The molecule has 0 aliphatic heterocycles. The fourth-order valence-electron chi connectivity index (χ4n) is 2.90. The molecule has 0 saturated heterocycles. The molecule has 0 aliphatic carbocycles. The molecule has 0 bridgehead atoms. The fourth-order valence-corrected chi connectivity index (χ4v) is 3.64. The summed E-state index contributed by atoms with van der Waals surface area (Å²) in [6, 6.07) is 13.6. The van der Waals surface area contributed by atoms with Gasteiger partial charge in [0.1, 0.15) is 10.8 Å². The predicted octanol–water partition coefficient (Wildman–Crippen LogP) is 3.00. The van der Waals surface area contributed by atoms with Crippen LogP contribution < -0.4 is 11.3 Å². The molecule has 1 amide bonds. The molecule has 0 spiro atoms. The maximum Gasteiger partial charge on any atom is 0.267 e. The summed E-state index contributed by atoms with van der Waals surface area (Å²) in [5.41, 5.74) is 5.60. The number of aliphatic imine (C=N–C) groups is 1. The molecule has 0 atom stereocenters. The second kappa shape index (κ2) is 7.09. The van der Waals surface area contributed by atoms with E-state index in [1.54, 1.807) is 53.9 Å². The maximum absolute atomic E-state index is 12.9. The summed E-state index contributed by atoms with van der Waals surface area (Å²) in [5, 5.41) is 14.0. The molecule has 0 radical (unpaired) electrons. The number of aromatic nitrogens is 2. The van der Waals surface area contributed by atoms with Crippen molar-refractivity contribution in [1.82, 2.24) is 9.55 Å². The van der Waals surface area contributed by atoms with Crippen molar-refractivity contribution in [2.45, 2.75) is 0 Å². The molecule has 4 rings (SSSR count). The lowest BCUT2D eigenvalue weighted by molar-refractivity contribution is 0.100. The van der Waals surface area contributed by atoms with E-state index in [-0.39, 0.29) is 5.88 Å². The fraction of sp³-hybridized carbons (Fsp3) is 0. The number of thiophene rings is 1. The van der Waals surface area contributed by atoms with Crippen molar-refractivity contribution >= 4 is 39.2 Å². The number of primary amides is 1. The molecular weight excluding hydrogens is 376 g/mol. The van der Waals surface area contributed by atoms with E-state index in [2.05, 4.69) is 9.98 Å². The van der Waals surface area contributed by atoms with Crippen molar-refractivity contribution in [1.29, 1.82) is 0 Å². The molecule has 3 aromatic heterocycles. The number of rotatable bonds is 4. The van der Waals surface area contributed by atoms with Crippen LogP contribution in [-0.4, -0.2) is 26.8 Å². The molecule has 138 valence electrons. The summed E-state index contributed by atoms with van der Waals surface area (Å²) in [6.45, 7) is 0. The molecule has 0 aliphatic rings. The molecule has 8 heteroatoms. The van der Waals surface area contributed by atoms with Crippen molar-refractivity contribution in [2.75, 3.05) is 0 Å². The maximum atomic E-state index is 12.9. The first-order valence-corrected chi connectivity index (χ1v) is 9.15. The third-order valence-corrected chi connectivity index (χ3v) is 5.02. The van der Waals surface area contributed by atoms with E-state index in [0.29, 0.717) is 32.7 Å². The molecule has 0 fully saturated rings. The lowest BCUT2D eigenvalue weighted by atomic mass is 10.1. The van der Waals surface area contributed by atoms with Gasteiger partial charge in [0.05, 0.1) is 11.1 Å².